The summed E-state index contributed by atoms with van der Waals surface area (Å²) in [6.07, 6.45) is 13.4. The number of aliphatic hydroxyl groups excluding tert-OH is 2. The summed E-state index contributed by atoms with van der Waals surface area (Å²) in [5.41, 5.74) is 3.86. The maximum Gasteiger partial charge on any atom is 0.331 e. The summed E-state index contributed by atoms with van der Waals surface area (Å²) in [4.78, 5) is 48.6. The predicted octanol–water partition coefficient (Wildman–Crippen LogP) is 3.64. The number of carboxylic acid groups (broad SMARTS) is 2. The summed E-state index contributed by atoms with van der Waals surface area (Å²) in [7, 11) is 0. The molecule has 8 fully saturated rings. The van der Waals surface area contributed by atoms with Crippen molar-refractivity contribution in [2.45, 2.75) is 183 Å². The highest BCUT2D eigenvalue weighted by Crippen LogP contribution is 2.72. The first-order valence-electron chi connectivity index (χ1n) is 25.4. The van der Waals surface area contributed by atoms with Crippen LogP contribution in [0.15, 0.2) is 23.3 Å². The number of unbranched alkanes of at least 4 members (excludes halogenated alkanes) is 2. The van der Waals surface area contributed by atoms with Crippen LogP contribution in [0.5, 0.6) is 0 Å². The second-order valence-corrected chi connectivity index (χ2v) is 23.1. The third kappa shape index (κ3) is 7.49. The highest BCUT2D eigenvalue weighted by molar-refractivity contribution is 5.86. The van der Waals surface area contributed by atoms with E-state index in [1.54, 1.807) is 12.2 Å². The van der Waals surface area contributed by atoms with Gasteiger partial charge in [-0.2, -0.15) is 0 Å². The number of nitrogens with two attached hydrogens (primary N) is 2. The molecule has 376 valence electrons. The van der Waals surface area contributed by atoms with E-state index in [1.165, 1.54) is 6.42 Å². The van der Waals surface area contributed by atoms with Crippen molar-refractivity contribution in [3.05, 3.63) is 23.3 Å². The van der Waals surface area contributed by atoms with Gasteiger partial charge in [-0.25, -0.2) is 9.59 Å². The standard InChI is InChI=1S/2C23H32O7.C5H14N2/c2*1-20-6-3-16-17(23(20,29)9-5-15(20)13-10-18(25)30-12-13)4-7-21(28)11-14(24)2-8-22(16,21)19(26)27;6-4-2-1-3-5-7/h2*10,14-17,24,28-29H,2-9,11-12H2,1H3,(H,26,27);1-7H2/t2*14-,15+,16-,17+,20+,21-,22+,23-;/m00./s1. The average Bonchev–Trinajstić information content (AvgIpc) is 4.03. The Bertz CT molecular complexity index is 1870. The fraction of sp³-hybridized carbons (Fsp3) is 0.843. The minimum absolute atomic E-state index is 0.0460. The van der Waals surface area contributed by atoms with Crippen LogP contribution < -0.4 is 11.5 Å². The van der Waals surface area contributed by atoms with Gasteiger partial charge in [0, 0.05) is 35.8 Å². The molecular formula is C51H78N2O14. The normalized spacial score (nSPS) is 48.1. The van der Waals surface area contributed by atoms with Gasteiger partial charge in [-0.15, -0.1) is 0 Å². The number of cyclic esters (lactones) is 2. The molecule has 2 heterocycles. The lowest BCUT2D eigenvalue weighted by molar-refractivity contribution is -0.261. The van der Waals surface area contributed by atoms with E-state index in [-0.39, 0.29) is 99.2 Å². The fourth-order valence-corrected chi connectivity index (χ4v) is 17.4. The molecule has 0 aromatic rings. The van der Waals surface area contributed by atoms with Gasteiger partial charge in [0.1, 0.15) is 13.2 Å². The largest absolute Gasteiger partial charge is 0.481 e. The zero-order valence-electron chi connectivity index (χ0n) is 39.6. The summed E-state index contributed by atoms with van der Waals surface area (Å²) < 4.78 is 10.3. The first-order chi connectivity index (χ1) is 31.6. The van der Waals surface area contributed by atoms with Crippen LogP contribution in [-0.4, -0.2) is 126 Å². The minimum atomic E-state index is -1.44. The van der Waals surface area contributed by atoms with Crippen LogP contribution >= 0.6 is 0 Å². The number of carbonyl (C=O) groups excluding carboxylic acids is 2. The molecule has 0 spiro atoms. The average molecular weight is 943 g/mol. The fourth-order valence-electron chi connectivity index (χ4n) is 17.4. The molecule has 0 amide bonds. The molecule has 10 rings (SSSR count). The van der Waals surface area contributed by atoms with Gasteiger partial charge < -0.3 is 61.8 Å². The lowest BCUT2D eigenvalue weighted by Gasteiger charge is -2.65. The van der Waals surface area contributed by atoms with Crippen molar-refractivity contribution in [2.24, 2.45) is 68.6 Å². The van der Waals surface area contributed by atoms with Crippen LogP contribution in [0.4, 0.5) is 0 Å². The van der Waals surface area contributed by atoms with E-state index in [0.29, 0.717) is 64.2 Å². The van der Waals surface area contributed by atoms with Crippen molar-refractivity contribution in [1.29, 1.82) is 0 Å². The van der Waals surface area contributed by atoms with Gasteiger partial charge in [-0.3, -0.25) is 9.59 Å². The number of fused-ring (bicyclic) bond motifs is 10. The van der Waals surface area contributed by atoms with E-state index in [0.717, 1.165) is 49.9 Å². The van der Waals surface area contributed by atoms with Gasteiger partial charge in [-0.1, -0.05) is 20.3 Å². The Labute approximate surface area is 393 Å². The van der Waals surface area contributed by atoms with Crippen molar-refractivity contribution in [2.75, 3.05) is 26.3 Å². The molecule has 0 unspecified atom stereocenters. The van der Waals surface area contributed by atoms with Crippen LogP contribution in [0, 0.1) is 57.2 Å². The molecule has 0 bridgehead atoms. The summed E-state index contributed by atoms with van der Waals surface area (Å²) in [6, 6.07) is 0. The van der Waals surface area contributed by atoms with E-state index in [9.17, 15) is 60.0 Å². The Kier molecular flexibility index (Phi) is 13.6. The predicted molar refractivity (Wildman–Crippen MR) is 242 cm³/mol. The number of esters is 2. The molecule has 16 heteroatoms. The first-order valence-corrected chi connectivity index (χ1v) is 25.4. The van der Waals surface area contributed by atoms with Crippen LogP contribution in [0.3, 0.4) is 0 Å². The van der Waals surface area contributed by atoms with E-state index < -0.39 is 68.2 Å². The molecule has 16 nitrogen and oxygen atoms in total. The highest BCUT2D eigenvalue weighted by Gasteiger charge is 2.75. The van der Waals surface area contributed by atoms with Crippen LogP contribution in [-0.2, 0) is 28.7 Å². The Balaban J connectivity index is 0.000000159. The zero-order chi connectivity index (χ0) is 48.6. The Morgan fingerprint density at radius 3 is 1.25 bits per heavy atom. The Morgan fingerprint density at radius 1 is 0.552 bits per heavy atom. The second-order valence-electron chi connectivity index (χ2n) is 23.1. The highest BCUT2D eigenvalue weighted by atomic mass is 16.5. The summed E-state index contributed by atoms with van der Waals surface area (Å²) in [5.74, 6) is -3.64. The second kappa shape index (κ2) is 18.0. The number of rotatable bonds is 8. The quantitative estimate of drug-likeness (QED) is 0.123. The molecule has 8 aliphatic carbocycles. The third-order valence-corrected chi connectivity index (χ3v) is 20.8. The van der Waals surface area contributed by atoms with E-state index in [4.69, 9.17) is 20.9 Å². The lowest BCUT2D eigenvalue weighted by atomic mass is 9.41. The van der Waals surface area contributed by atoms with Crippen LogP contribution in [0.2, 0.25) is 0 Å². The van der Waals surface area contributed by atoms with Gasteiger partial charge in [0.25, 0.3) is 0 Å². The number of carboxylic acids is 2. The molecule has 67 heavy (non-hydrogen) atoms. The van der Waals surface area contributed by atoms with Crippen molar-refractivity contribution < 1.29 is 69.5 Å². The zero-order valence-corrected chi connectivity index (χ0v) is 39.6. The number of carbonyl (C=O) groups is 4. The molecule has 10 aliphatic rings. The maximum atomic E-state index is 12.7. The van der Waals surface area contributed by atoms with E-state index >= 15 is 0 Å². The number of hydrogen-bond donors (Lipinski definition) is 10. The van der Waals surface area contributed by atoms with Gasteiger partial charge in [-0.05, 0) is 175 Å². The molecule has 16 atom stereocenters. The van der Waals surface area contributed by atoms with Gasteiger partial charge in [0.2, 0.25) is 0 Å². The van der Waals surface area contributed by atoms with E-state index in [1.807, 2.05) is 0 Å². The van der Waals surface area contributed by atoms with Crippen molar-refractivity contribution in [1.82, 2.24) is 0 Å². The lowest BCUT2D eigenvalue weighted by Crippen LogP contribution is -2.70. The smallest absolute Gasteiger partial charge is 0.331 e. The monoisotopic (exact) mass is 943 g/mol. The minimum Gasteiger partial charge on any atom is -0.481 e. The maximum absolute atomic E-state index is 12.7. The topological polar surface area (TPSA) is 301 Å². The Hall–Kier alpha value is -2.96. The van der Waals surface area contributed by atoms with Crippen molar-refractivity contribution in [3.8, 4) is 0 Å². The van der Waals surface area contributed by atoms with Crippen LogP contribution in [0.1, 0.15) is 149 Å². The number of aliphatic carboxylic acids is 2. The third-order valence-electron chi connectivity index (χ3n) is 20.8. The first kappa shape index (κ1) is 50.4. The van der Waals surface area contributed by atoms with Gasteiger partial charge in [0.15, 0.2) is 0 Å². The molecule has 12 N–H and O–H groups in total. The van der Waals surface area contributed by atoms with Gasteiger partial charge >= 0.3 is 23.9 Å². The number of ether oxygens (including phenoxy) is 2. The Morgan fingerprint density at radius 2 is 0.925 bits per heavy atom. The summed E-state index contributed by atoms with van der Waals surface area (Å²) in [5, 5.41) is 88.3. The SMILES string of the molecule is C[C@]12CC[C@H]3[C@@H](CC[C@]4(O)C[C@@H](O)CC[C@]34C(=O)O)[C@@]1(O)CC[C@@H]2C1=CC(=O)OC1.C[C@]12CC[C@H]3[C@@H](CC[C@]4(O)C[C@@H](O)CC[C@]34C(=O)O)[C@@]1(O)CC[C@@H]2C1=CC(=O)OC1.NCCCCCN. The van der Waals surface area contributed by atoms with Crippen molar-refractivity contribution >= 4 is 23.9 Å². The number of hydrogen-bond acceptors (Lipinski definition) is 14. The molecule has 8 saturated carbocycles. The van der Waals surface area contributed by atoms with Gasteiger partial charge in [0.05, 0.1) is 45.4 Å². The van der Waals surface area contributed by atoms with Crippen LogP contribution in [0.25, 0.3) is 0 Å². The molecular weight excluding hydrogens is 865 g/mol. The number of aliphatic hydroxyl groups is 6. The van der Waals surface area contributed by atoms with Crippen molar-refractivity contribution in [3.63, 3.8) is 0 Å². The summed E-state index contributed by atoms with van der Waals surface area (Å²) >= 11 is 0. The summed E-state index contributed by atoms with van der Waals surface area (Å²) in [6.45, 7) is 6.34. The molecule has 2 aliphatic heterocycles. The molecule has 0 radical (unpaired) electrons. The molecule has 0 aromatic heterocycles. The molecule has 0 aromatic carbocycles. The van der Waals surface area contributed by atoms with E-state index in [2.05, 4.69) is 13.8 Å². The molecule has 0 saturated heterocycles.